The maximum absolute atomic E-state index is 6.31. The standard InChI is InChI=1S/C13H14Cl2N4O/c1-20-10-6-5-9(19-12(10)17-13(16)18-19)7-3-2-4-8(14)11(7)15/h2-4,9-10H,5-6H2,1H3,(H2,16,18). The second-order valence-corrected chi connectivity index (χ2v) is 5.52. The van der Waals surface area contributed by atoms with Crippen LogP contribution in [0.3, 0.4) is 0 Å². The Morgan fingerprint density at radius 3 is 2.90 bits per heavy atom. The summed E-state index contributed by atoms with van der Waals surface area (Å²) in [6.07, 6.45) is 1.59. The van der Waals surface area contributed by atoms with Gasteiger partial charge in [-0.2, -0.15) is 4.98 Å². The quantitative estimate of drug-likeness (QED) is 0.924. The van der Waals surface area contributed by atoms with E-state index in [1.807, 2.05) is 12.1 Å². The van der Waals surface area contributed by atoms with Crippen LogP contribution >= 0.6 is 23.2 Å². The summed E-state index contributed by atoms with van der Waals surface area (Å²) in [4.78, 5) is 4.26. The summed E-state index contributed by atoms with van der Waals surface area (Å²) in [5.74, 6) is 0.976. The Morgan fingerprint density at radius 2 is 2.15 bits per heavy atom. The van der Waals surface area contributed by atoms with Crippen molar-refractivity contribution in [1.82, 2.24) is 14.8 Å². The number of methoxy groups -OCH3 is 1. The number of hydrogen-bond acceptors (Lipinski definition) is 4. The maximum atomic E-state index is 6.31. The Bertz CT molecular complexity index is 643. The molecule has 1 aliphatic rings. The largest absolute Gasteiger partial charge is 0.373 e. The SMILES string of the molecule is COC1CCC(c2cccc(Cl)c2Cl)n2nc(N)nc21. The van der Waals surface area contributed by atoms with Gasteiger partial charge in [0.25, 0.3) is 0 Å². The van der Waals surface area contributed by atoms with Crippen LogP contribution in [0.4, 0.5) is 5.95 Å². The zero-order valence-electron chi connectivity index (χ0n) is 10.9. The maximum Gasteiger partial charge on any atom is 0.239 e. The first kappa shape index (κ1) is 13.7. The molecule has 0 saturated carbocycles. The summed E-state index contributed by atoms with van der Waals surface area (Å²) in [7, 11) is 1.66. The lowest BCUT2D eigenvalue weighted by Crippen LogP contribution is -2.24. The van der Waals surface area contributed by atoms with Gasteiger partial charge >= 0.3 is 0 Å². The first-order valence-electron chi connectivity index (χ1n) is 6.30. The Morgan fingerprint density at radius 1 is 1.35 bits per heavy atom. The van der Waals surface area contributed by atoms with E-state index in [4.69, 9.17) is 33.7 Å². The van der Waals surface area contributed by atoms with Crippen molar-refractivity contribution in [3.63, 3.8) is 0 Å². The van der Waals surface area contributed by atoms with Crippen LogP contribution < -0.4 is 5.73 Å². The molecular weight excluding hydrogens is 299 g/mol. The molecule has 2 aromatic rings. The van der Waals surface area contributed by atoms with E-state index in [1.54, 1.807) is 17.9 Å². The molecular formula is C13H14Cl2N4O. The minimum absolute atomic E-state index is 0.0209. The Hall–Kier alpha value is -1.30. The highest BCUT2D eigenvalue weighted by Crippen LogP contribution is 2.40. The van der Waals surface area contributed by atoms with Crippen molar-refractivity contribution in [2.45, 2.75) is 25.0 Å². The number of benzene rings is 1. The second-order valence-electron chi connectivity index (χ2n) is 4.73. The molecule has 0 aliphatic carbocycles. The van der Waals surface area contributed by atoms with Crippen molar-refractivity contribution >= 4 is 29.2 Å². The van der Waals surface area contributed by atoms with Crippen molar-refractivity contribution < 1.29 is 4.74 Å². The molecule has 1 aromatic carbocycles. The first-order chi connectivity index (χ1) is 9.61. The molecule has 20 heavy (non-hydrogen) atoms. The number of rotatable bonds is 2. The highest BCUT2D eigenvalue weighted by atomic mass is 35.5. The molecule has 0 saturated heterocycles. The Kier molecular flexibility index (Phi) is 3.58. The molecule has 3 rings (SSSR count). The van der Waals surface area contributed by atoms with Gasteiger partial charge in [-0.1, -0.05) is 35.3 Å². The normalized spacial score (nSPS) is 21.8. The van der Waals surface area contributed by atoms with Gasteiger partial charge in [0.15, 0.2) is 5.82 Å². The third kappa shape index (κ3) is 2.16. The van der Waals surface area contributed by atoms with Crippen LogP contribution in [0, 0.1) is 0 Å². The van der Waals surface area contributed by atoms with E-state index in [1.165, 1.54) is 0 Å². The number of nitrogens with two attached hydrogens (primary N) is 1. The smallest absolute Gasteiger partial charge is 0.239 e. The number of fused-ring (bicyclic) bond motifs is 1. The summed E-state index contributed by atoms with van der Waals surface area (Å²) >= 11 is 12.4. The fraction of sp³-hybridized carbons (Fsp3) is 0.385. The topological polar surface area (TPSA) is 66.0 Å². The summed E-state index contributed by atoms with van der Waals surface area (Å²) < 4.78 is 7.23. The molecule has 0 bridgehead atoms. The van der Waals surface area contributed by atoms with Gasteiger partial charge in [-0.15, -0.1) is 5.10 Å². The highest BCUT2D eigenvalue weighted by Gasteiger charge is 2.32. The van der Waals surface area contributed by atoms with Gasteiger partial charge in [0, 0.05) is 7.11 Å². The zero-order valence-corrected chi connectivity index (χ0v) is 12.4. The monoisotopic (exact) mass is 312 g/mol. The van der Waals surface area contributed by atoms with E-state index < -0.39 is 0 Å². The molecule has 7 heteroatoms. The molecule has 2 unspecified atom stereocenters. The Labute approximate surface area is 126 Å². The van der Waals surface area contributed by atoms with Gasteiger partial charge in [-0.25, -0.2) is 4.68 Å². The van der Waals surface area contributed by atoms with Gasteiger partial charge in [-0.3, -0.25) is 0 Å². The number of halogens is 2. The third-order valence-corrected chi connectivity index (χ3v) is 4.42. The average Bonchev–Trinajstić information content (AvgIpc) is 2.82. The van der Waals surface area contributed by atoms with Crippen LogP contribution in [0.2, 0.25) is 10.0 Å². The molecule has 2 heterocycles. The fourth-order valence-electron chi connectivity index (χ4n) is 2.65. The van der Waals surface area contributed by atoms with E-state index in [9.17, 15) is 0 Å². The number of nitrogen functional groups attached to an aromatic ring is 1. The van der Waals surface area contributed by atoms with Crippen LogP contribution in [0.15, 0.2) is 18.2 Å². The molecule has 0 amide bonds. The number of aromatic nitrogens is 3. The molecule has 106 valence electrons. The van der Waals surface area contributed by atoms with Crippen molar-refractivity contribution in [1.29, 1.82) is 0 Å². The van der Waals surface area contributed by atoms with Crippen molar-refractivity contribution in [3.8, 4) is 0 Å². The molecule has 2 atom stereocenters. The van der Waals surface area contributed by atoms with Crippen LogP contribution in [-0.2, 0) is 4.74 Å². The van der Waals surface area contributed by atoms with Crippen molar-refractivity contribution in [2.75, 3.05) is 12.8 Å². The van der Waals surface area contributed by atoms with Gasteiger partial charge in [0.1, 0.15) is 6.10 Å². The number of anilines is 1. The lowest BCUT2D eigenvalue weighted by molar-refractivity contribution is 0.0649. The van der Waals surface area contributed by atoms with Crippen LogP contribution in [0.25, 0.3) is 0 Å². The minimum Gasteiger partial charge on any atom is -0.373 e. The van der Waals surface area contributed by atoms with E-state index in [0.717, 1.165) is 24.2 Å². The first-order valence-corrected chi connectivity index (χ1v) is 7.06. The predicted octanol–water partition coefficient (Wildman–Crippen LogP) is 3.24. The number of ether oxygens (including phenoxy) is 1. The second kappa shape index (κ2) is 5.24. The number of nitrogens with zero attached hydrogens (tertiary/aromatic N) is 3. The minimum atomic E-state index is -0.0889. The molecule has 0 radical (unpaired) electrons. The van der Waals surface area contributed by atoms with Crippen molar-refractivity contribution in [2.24, 2.45) is 0 Å². The van der Waals surface area contributed by atoms with E-state index in [-0.39, 0.29) is 18.1 Å². The van der Waals surface area contributed by atoms with E-state index >= 15 is 0 Å². The summed E-state index contributed by atoms with van der Waals surface area (Å²) in [5, 5.41) is 5.37. The van der Waals surface area contributed by atoms with Gasteiger partial charge in [0.05, 0.1) is 16.1 Å². The summed E-state index contributed by atoms with van der Waals surface area (Å²) in [6, 6.07) is 5.58. The van der Waals surface area contributed by atoms with E-state index in [0.29, 0.717) is 10.0 Å². The molecule has 5 nitrogen and oxygen atoms in total. The molecule has 1 aliphatic heterocycles. The third-order valence-electron chi connectivity index (χ3n) is 3.58. The molecule has 2 N–H and O–H groups in total. The zero-order chi connectivity index (χ0) is 14.3. The van der Waals surface area contributed by atoms with Gasteiger partial charge in [-0.05, 0) is 24.5 Å². The van der Waals surface area contributed by atoms with Gasteiger partial charge < -0.3 is 10.5 Å². The lowest BCUT2D eigenvalue weighted by Gasteiger charge is -2.29. The summed E-state index contributed by atoms with van der Waals surface area (Å²) in [6.45, 7) is 0. The van der Waals surface area contributed by atoms with Crippen LogP contribution in [0.5, 0.6) is 0 Å². The molecule has 1 aromatic heterocycles. The highest BCUT2D eigenvalue weighted by molar-refractivity contribution is 6.42. The lowest BCUT2D eigenvalue weighted by atomic mass is 9.96. The van der Waals surface area contributed by atoms with E-state index in [2.05, 4.69) is 10.1 Å². The fourth-order valence-corrected chi connectivity index (χ4v) is 3.08. The predicted molar refractivity (Wildman–Crippen MR) is 78.0 cm³/mol. The van der Waals surface area contributed by atoms with Crippen molar-refractivity contribution in [3.05, 3.63) is 39.6 Å². The van der Waals surface area contributed by atoms with Gasteiger partial charge in [0.2, 0.25) is 5.95 Å². The average molecular weight is 313 g/mol. The molecule has 0 fully saturated rings. The Balaban J connectivity index is 2.09. The summed E-state index contributed by atoms with van der Waals surface area (Å²) in [5.41, 5.74) is 6.66. The number of hydrogen-bond donors (Lipinski definition) is 1. The van der Waals surface area contributed by atoms with Crippen LogP contribution in [0.1, 0.15) is 36.4 Å². The van der Waals surface area contributed by atoms with Crippen LogP contribution in [-0.4, -0.2) is 21.9 Å². The molecule has 0 spiro atoms.